The third-order valence-electron chi connectivity index (χ3n) is 3.21. The Balaban J connectivity index is 1.85. The number of carboxylic acid groups (broad SMARTS) is 1. The molecule has 3 aromatic rings. The highest BCUT2D eigenvalue weighted by Crippen LogP contribution is 2.24. The van der Waals surface area contributed by atoms with Crippen LogP contribution < -0.4 is 0 Å². The van der Waals surface area contributed by atoms with Gasteiger partial charge in [0, 0.05) is 6.20 Å². The van der Waals surface area contributed by atoms with E-state index in [-0.39, 0.29) is 0 Å². The predicted molar refractivity (Wildman–Crippen MR) is 89.9 cm³/mol. The van der Waals surface area contributed by atoms with E-state index in [1.165, 1.54) is 0 Å². The fourth-order valence-electron chi connectivity index (χ4n) is 2.12. The molecule has 0 unspecified atom stereocenters. The summed E-state index contributed by atoms with van der Waals surface area (Å²) in [4.78, 5) is 16.2. The number of carboxylic acids is 1. The summed E-state index contributed by atoms with van der Waals surface area (Å²) in [6.45, 7) is 0. The fourth-order valence-corrected chi connectivity index (χ4v) is 2.74. The van der Waals surface area contributed by atoms with Crippen LogP contribution in [0.2, 0.25) is 0 Å². The number of rotatable bonds is 4. The van der Waals surface area contributed by atoms with Gasteiger partial charge in [0.1, 0.15) is 0 Å². The van der Waals surface area contributed by atoms with Gasteiger partial charge >= 0.3 is 5.97 Å². The summed E-state index contributed by atoms with van der Waals surface area (Å²) >= 11 is 1.60. The molecule has 1 aromatic heterocycles. The molecule has 1 N–H and O–H groups in total. The molecule has 0 bridgehead atoms. The quantitative estimate of drug-likeness (QED) is 0.712. The first-order valence-electron chi connectivity index (χ1n) is 6.73. The third-order valence-corrected chi connectivity index (χ3v) is 4.03. The highest BCUT2D eigenvalue weighted by molar-refractivity contribution is 7.13. The summed E-state index contributed by atoms with van der Waals surface area (Å²) in [6.07, 6.45) is 5.74. The lowest BCUT2D eigenvalue weighted by Crippen LogP contribution is -1.95. The third kappa shape index (κ3) is 3.30. The zero-order valence-corrected chi connectivity index (χ0v) is 12.5. The van der Waals surface area contributed by atoms with Crippen LogP contribution in [0.15, 0.2) is 60.2 Å². The van der Waals surface area contributed by atoms with Crippen LogP contribution in [0.25, 0.3) is 22.6 Å². The molecule has 0 aliphatic rings. The van der Waals surface area contributed by atoms with E-state index >= 15 is 0 Å². The first-order chi connectivity index (χ1) is 10.7. The second-order valence-corrected chi connectivity index (χ2v) is 5.64. The van der Waals surface area contributed by atoms with Crippen LogP contribution in [0, 0.1) is 0 Å². The standard InChI is InChI=1S/C18H13NO2S/c20-18(21)16-6-2-4-14(10-16)8-7-13-3-1-5-15(9-13)17-11-19-12-22-17/h1-12H,(H,20,21). The zero-order chi connectivity index (χ0) is 15.4. The van der Waals surface area contributed by atoms with Crippen molar-refractivity contribution < 1.29 is 9.90 Å². The summed E-state index contributed by atoms with van der Waals surface area (Å²) in [6, 6.07) is 15.0. The fraction of sp³-hybridized carbons (Fsp3) is 0. The van der Waals surface area contributed by atoms with E-state index in [4.69, 9.17) is 5.11 Å². The lowest BCUT2D eigenvalue weighted by atomic mass is 10.1. The second-order valence-electron chi connectivity index (χ2n) is 4.76. The van der Waals surface area contributed by atoms with Crippen molar-refractivity contribution >= 4 is 29.5 Å². The number of nitrogens with zero attached hydrogens (tertiary/aromatic N) is 1. The van der Waals surface area contributed by atoms with Gasteiger partial charge in [0.15, 0.2) is 0 Å². The van der Waals surface area contributed by atoms with Crippen molar-refractivity contribution in [3.63, 3.8) is 0 Å². The summed E-state index contributed by atoms with van der Waals surface area (Å²) in [5, 5.41) is 9.01. The van der Waals surface area contributed by atoms with Crippen LogP contribution in [0.5, 0.6) is 0 Å². The predicted octanol–water partition coefficient (Wildman–Crippen LogP) is 4.68. The van der Waals surface area contributed by atoms with E-state index in [0.717, 1.165) is 21.6 Å². The van der Waals surface area contributed by atoms with Gasteiger partial charge in [0.2, 0.25) is 0 Å². The lowest BCUT2D eigenvalue weighted by molar-refractivity contribution is 0.0697. The maximum atomic E-state index is 11.0. The maximum Gasteiger partial charge on any atom is 0.335 e. The van der Waals surface area contributed by atoms with Crippen molar-refractivity contribution in [2.24, 2.45) is 0 Å². The Labute approximate surface area is 132 Å². The van der Waals surface area contributed by atoms with E-state index in [1.54, 1.807) is 29.5 Å². The monoisotopic (exact) mass is 307 g/mol. The minimum atomic E-state index is -0.914. The van der Waals surface area contributed by atoms with Gasteiger partial charge in [-0.15, -0.1) is 11.3 Å². The molecule has 0 saturated heterocycles. The average Bonchev–Trinajstić information content (AvgIpc) is 3.08. The summed E-state index contributed by atoms with van der Waals surface area (Å²) in [5.41, 5.74) is 5.16. The second kappa shape index (κ2) is 6.37. The Morgan fingerprint density at radius 1 is 1.05 bits per heavy atom. The number of aromatic carboxylic acids is 1. The molecule has 3 rings (SSSR count). The lowest BCUT2D eigenvalue weighted by Gasteiger charge is -2.00. The molecule has 0 atom stereocenters. The number of thiazole rings is 1. The van der Waals surface area contributed by atoms with Gasteiger partial charge in [-0.2, -0.15) is 0 Å². The number of benzene rings is 2. The Bertz CT molecular complexity index is 823. The van der Waals surface area contributed by atoms with Crippen LogP contribution in [-0.4, -0.2) is 16.1 Å². The zero-order valence-electron chi connectivity index (χ0n) is 11.6. The molecule has 0 radical (unpaired) electrons. The van der Waals surface area contributed by atoms with Gasteiger partial charge < -0.3 is 5.11 Å². The molecule has 4 heteroatoms. The average molecular weight is 307 g/mol. The van der Waals surface area contributed by atoms with E-state index < -0.39 is 5.97 Å². The van der Waals surface area contributed by atoms with Gasteiger partial charge in [0.25, 0.3) is 0 Å². The van der Waals surface area contributed by atoms with Crippen molar-refractivity contribution in [3.05, 3.63) is 76.9 Å². The molecule has 1 heterocycles. The molecule has 0 spiro atoms. The van der Waals surface area contributed by atoms with Crippen LogP contribution >= 0.6 is 11.3 Å². The van der Waals surface area contributed by atoms with E-state index in [0.29, 0.717) is 5.56 Å². The molecule has 0 fully saturated rings. The molecule has 3 nitrogen and oxygen atoms in total. The number of hydrogen-bond donors (Lipinski definition) is 1. The normalized spacial score (nSPS) is 10.9. The smallest absolute Gasteiger partial charge is 0.335 e. The molecule has 0 aliphatic heterocycles. The summed E-state index contributed by atoms with van der Waals surface area (Å²) in [5.74, 6) is -0.914. The minimum absolute atomic E-state index is 0.292. The molecule has 0 aliphatic carbocycles. The molecule has 2 aromatic carbocycles. The van der Waals surface area contributed by atoms with Gasteiger partial charge in [-0.1, -0.05) is 42.5 Å². The highest BCUT2D eigenvalue weighted by atomic mass is 32.1. The maximum absolute atomic E-state index is 11.0. The van der Waals surface area contributed by atoms with Crippen LogP contribution in [-0.2, 0) is 0 Å². The molecule has 0 saturated carbocycles. The van der Waals surface area contributed by atoms with Crippen molar-refractivity contribution in [2.45, 2.75) is 0 Å². The number of hydrogen-bond acceptors (Lipinski definition) is 3. The first kappa shape index (κ1) is 14.2. The highest BCUT2D eigenvalue weighted by Gasteiger charge is 2.02. The Morgan fingerprint density at radius 3 is 2.45 bits per heavy atom. The Kier molecular flexibility index (Phi) is 4.12. The van der Waals surface area contributed by atoms with E-state index in [2.05, 4.69) is 17.1 Å². The molecular formula is C18H13NO2S. The van der Waals surface area contributed by atoms with Crippen LogP contribution in [0.1, 0.15) is 21.5 Å². The SMILES string of the molecule is O=C(O)c1cccc(C=Cc2cccc(-c3cncs3)c2)c1. The van der Waals surface area contributed by atoms with Crippen LogP contribution in [0.4, 0.5) is 0 Å². The van der Waals surface area contributed by atoms with Gasteiger partial charge in [-0.3, -0.25) is 4.98 Å². The van der Waals surface area contributed by atoms with E-state index in [1.807, 2.05) is 42.1 Å². The number of carbonyl (C=O) groups is 1. The first-order valence-corrected chi connectivity index (χ1v) is 7.61. The molecule has 108 valence electrons. The largest absolute Gasteiger partial charge is 0.478 e. The molecule has 22 heavy (non-hydrogen) atoms. The van der Waals surface area contributed by atoms with Gasteiger partial charge in [-0.05, 0) is 34.9 Å². The van der Waals surface area contributed by atoms with Crippen molar-refractivity contribution in [3.8, 4) is 10.4 Å². The van der Waals surface area contributed by atoms with Crippen molar-refractivity contribution in [1.29, 1.82) is 0 Å². The summed E-state index contributed by atoms with van der Waals surface area (Å²) < 4.78 is 0. The van der Waals surface area contributed by atoms with Gasteiger partial charge in [-0.25, -0.2) is 4.79 Å². The number of aromatic nitrogens is 1. The topological polar surface area (TPSA) is 50.2 Å². The molecular weight excluding hydrogens is 294 g/mol. The Hall–Kier alpha value is -2.72. The van der Waals surface area contributed by atoms with Crippen molar-refractivity contribution in [2.75, 3.05) is 0 Å². The summed E-state index contributed by atoms with van der Waals surface area (Å²) in [7, 11) is 0. The van der Waals surface area contributed by atoms with Gasteiger partial charge in [0.05, 0.1) is 16.0 Å². The van der Waals surface area contributed by atoms with Crippen molar-refractivity contribution in [1.82, 2.24) is 4.98 Å². The molecule has 0 amide bonds. The Morgan fingerprint density at radius 2 is 1.77 bits per heavy atom. The van der Waals surface area contributed by atoms with Crippen LogP contribution in [0.3, 0.4) is 0 Å². The minimum Gasteiger partial charge on any atom is -0.478 e. The van der Waals surface area contributed by atoms with E-state index in [9.17, 15) is 4.79 Å².